The summed E-state index contributed by atoms with van der Waals surface area (Å²) >= 11 is 1.41. The first-order valence-electron chi connectivity index (χ1n) is 12.5. The zero-order chi connectivity index (χ0) is 24.9. The summed E-state index contributed by atoms with van der Waals surface area (Å²) in [4.78, 5) is 29.4. The lowest BCUT2D eigenvalue weighted by atomic mass is 10.1. The van der Waals surface area contributed by atoms with Gasteiger partial charge in [-0.25, -0.2) is 4.39 Å². The Morgan fingerprint density at radius 2 is 1.64 bits per heavy atom. The Bertz CT molecular complexity index is 1280. The van der Waals surface area contributed by atoms with E-state index in [1.807, 2.05) is 54.6 Å². The normalized spacial score (nSPS) is 17.5. The van der Waals surface area contributed by atoms with E-state index in [0.29, 0.717) is 16.0 Å². The number of carbonyl (C=O) groups is 2. The van der Waals surface area contributed by atoms with Gasteiger partial charge in [0.15, 0.2) is 0 Å². The molecule has 3 aromatic carbocycles. The van der Waals surface area contributed by atoms with Gasteiger partial charge in [0.25, 0.3) is 11.8 Å². The number of hydrogen-bond acceptors (Lipinski definition) is 3. The first-order chi connectivity index (χ1) is 17.6. The summed E-state index contributed by atoms with van der Waals surface area (Å²) in [5.41, 5.74) is 2.70. The molecule has 4 nitrogen and oxygen atoms in total. The number of nitrogens with zero attached hydrogens (tertiary/aromatic N) is 1. The van der Waals surface area contributed by atoms with E-state index >= 15 is 0 Å². The Morgan fingerprint density at radius 1 is 0.944 bits per heavy atom. The summed E-state index contributed by atoms with van der Waals surface area (Å²) < 4.78 is 14.4. The molecular formula is C30H29FN2O2S. The van der Waals surface area contributed by atoms with E-state index in [4.69, 9.17) is 0 Å². The smallest absolute Gasteiger partial charge is 0.265 e. The fourth-order valence-corrected chi connectivity index (χ4v) is 5.85. The number of halogens is 1. The second kappa shape index (κ2) is 11.1. The predicted molar refractivity (Wildman–Crippen MR) is 143 cm³/mol. The van der Waals surface area contributed by atoms with Crippen molar-refractivity contribution in [3.05, 3.63) is 100 Å². The molecule has 184 valence electrons. The van der Waals surface area contributed by atoms with E-state index in [-0.39, 0.29) is 30.2 Å². The molecule has 1 aliphatic carbocycles. The molecule has 1 fully saturated rings. The second-order valence-electron chi connectivity index (χ2n) is 9.35. The molecule has 3 aromatic rings. The third-order valence-electron chi connectivity index (χ3n) is 6.78. The van der Waals surface area contributed by atoms with Crippen LogP contribution in [0.4, 0.5) is 10.1 Å². The van der Waals surface area contributed by atoms with E-state index in [9.17, 15) is 14.0 Å². The van der Waals surface area contributed by atoms with Crippen molar-refractivity contribution in [3.63, 3.8) is 0 Å². The first-order valence-corrected chi connectivity index (χ1v) is 13.3. The highest BCUT2D eigenvalue weighted by Gasteiger charge is 2.29. The average Bonchev–Trinajstić information content (AvgIpc) is 3.16. The van der Waals surface area contributed by atoms with Crippen molar-refractivity contribution in [2.75, 3.05) is 4.90 Å². The molecule has 0 atom stereocenters. The second-order valence-corrected chi connectivity index (χ2v) is 10.4. The zero-order valence-corrected chi connectivity index (χ0v) is 20.9. The molecule has 5 rings (SSSR count). The van der Waals surface area contributed by atoms with Gasteiger partial charge < -0.3 is 10.2 Å². The minimum Gasteiger partial charge on any atom is -0.349 e. The van der Waals surface area contributed by atoms with E-state index in [0.717, 1.165) is 29.0 Å². The molecule has 0 saturated heterocycles. The minimum absolute atomic E-state index is 0.0470. The highest BCUT2D eigenvalue weighted by Crippen LogP contribution is 2.42. The number of hydrogen-bond donors (Lipinski definition) is 1. The Morgan fingerprint density at radius 3 is 2.39 bits per heavy atom. The number of para-hydroxylation sites is 1. The van der Waals surface area contributed by atoms with Gasteiger partial charge >= 0.3 is 0 Å². The quantitative estimate of drug-likeness (QED) is 0.304. The summed E-state index contributed by atoms with van der Waals surface area (Å²) in [5.74, 6) is -0.546. The lowest BCUT2D eigenvalue weighted by Gasteiger charge is -2.30. The van der Waals surface area contributed by atoms with Crippen LogP contribution in [0.25, 0.3) is 6.08 Å². The summed E-state index contributed by atoms with van der Waals surface area (Å²) in [7, 11) is 0. The Kier molecular flexibility index (Phi) is 7.52. The fourth-order valence-electron chi connectivity index (χ4n) is 4.79. The summed E-state index contributed by atoms with van der Waals surface area (Å²) in [6.45, 7) is 0.153. The number of rotatable bonds is 5. The number of anilines is 1. The van der Waals surface area contributed by atoms with E-state index < -0.39 is 0 Å². The van der Waals surface area contributed by atoms with E-state index in [1.54, 1.807) is 23.1 Å². The molecule has 2 aliphatic rings. The molecule has 0 aromatic heterocycles. The van der Waals surface area contributed by atoms with Gasteiger partial charge in [-0.3, -0.25) is 9.59 Å². The monoisotopic (exact) mass is 500 g/mol. The molecule has 1 heterocycles. The van der Waals surface area contributed by atoms with E-state index in [2.05, 4.69) is 5.32 Å². The largest absolute Gasteiger partial charge is 0.349 e. The van der Waals surface area contributed by atoms with Crippen molar-refractivity contribution < 1.29 is 14.0 Å². The Labute approximate surface area is 215 Å². The maximum atomic E-state index is 14.4. The molecule has 2 amide bonds. The Hall–Kier alpha value is -3.38. The number of thioether (sulfide) groups is 1. The summed E-state index contributed by atoms with van der Waals surface area (Å²) in [5, 5.41) is 3.18. The standard InChI is InChI=1S/C30H29FN2O2S/c31-25-12-6-5-9-23(25)20-33-26-13-7-8-14-27(26)36-28(30(33)35)19-21-15-17-22(18-16-21)29(34)32-24-10-3-1-2-4-11-24/h5-9,12-19,24H,1-4,10-11,20H2,(H,32,34)/b28-19-. The SMILES string of the molecule is O=C(NC1CCCCCC1)c1ccc(/C=C2\Sc3ccccc3N(Cc3ccccc3F)C2=O)cc1. The van der Waals surface area contributed by atoms with Crippen LogP contribution in [0.3, 0.4) is 0 Å². The molecule has 1 N–H and O–H groups in total. The first kappa shape index (κ1) is 24.3. The number of carbonyl (C=O) groups excluding carboxylic acids is 2. The van der Waals surface area contributed by atoms with Crippen LogP contribution in [0.1, 0.15) is 60.0 Å². The van der Waals surface area contributed by atoms with Crippen molar-refractivity contribution in [2.24, 2.45) is 0 Å². The van der Waals surface area contributed by atoms with Gasteiger partial charge in [-0.1, -0.05) is 79.9 Å². The zero-order valence-electron chi connectivity index (χ0n) is 20.1. The molecule has 0 spiro atoms. The van der Waals surface area contributed by atoms with Gasteiger partial charge in [0.05, 0.1) is 17.1 Å². The fraction of sp³-hybridized carbons (Fsp3) is 0.267. The highest BCUT2D eigenvalue weighted by molar-refractivity contribution is 8.04. The van der Waals surface area contributed by atoms with Crippen LogP contribution in [0.15, 0.2) is 82.6 Å². The number of amides is 2. The number of nitrogens with one attached hydrogen (secondary N) is 1. The van der Waals surface area contributed by atoms with Crippen LogP contribution < -0.4 is 10.2 Å². The summed E-state index contributed by atoms with van der Waals surface area (Å²) in [6, 6.07) is 21.8. The summed E-state index contributed by atoms with van der Waals surface area (Å²) in [6.07, 6.45) is 8.74. The maximum Gasteiger partial charge on any atom is 0.265 e. The van der Waals surface area contributed by atoms with Gasteiger partial charge in [0.1, 0.15) is 5.82 Å². The van der Waals surface area contributed by atoms with Gasteiger partial charge in [-0.2, -0.15) is 0 Å². The lowest BCUT2D eigenvalue weighted by molar-refractivity contribution is -0.114. The van der Waals surface area contributed by atoms with Crippen molar-refractivity contribution in [2.45, 2.75) is 56.0 Å². The van der Waals surface area contributed by atoms with Crippen LogP contribution in [0, 0.1) is 5.82 Å². The minimum atomic E-state index is -0.329. The molecule has 36 heavy (non-hydrogen) atoms. The molecule has 6 heteroatoms. The van der Waals surface area contributed by atoms with Crippen LogP contribution in [-0.2, 0) is 11.3 Å². The molecule has 0 bridgehead atoms. The van der Waals surface area contributed by atoms with Gasteiger partial charge in [0, 0.05) is 22.1 Å². The molecular weight excluding hydrogens is 471 g/mol. The number of benzene rings is 3. The van der Waals surface area contributed by atoms with Crippen molar-refractivity contribution in [3.8, 4) is 0 Å². The third kappa shape index (κ3) is 5.54. The number of fused-ring (bicyclic) bond motifs is 1. The van der Waals surface area contributed by atoms with Crippen LogP contribution >= 0.6 is 11.8 Å². The van der Waals surface area contributed by atoms with Crippen molar-refractivity contribution >= 4 is 35.3 Å². The van der Waals surface area contributed by atoms with E-state index in [1.165, 1.54) is 43.5 Å². The maximum absolute atomic E-state index is 14.4. The van der Waals surface area contributed by atoms with Gasteiger partial charge in [-0.05, 0) is 54.8 Å². The van der Waals surface area contributed by atoms with Crippen LogP contribution in [-0.4, -0.2) is 17.9 Å². The molecule has 0 radical (unpaired) electrons. The lowest BCUT2D eigenvalue weighted by Crippen LogP contribution is -2.34. The average molecular weight is 501 g/mol. The topological polar surface area (TPSA) is 49.4 Å². The van der Waals surface area contributed by atoms with Crippen molar-refractivity contribution in [1.82, 2.24) is 5.32 Å². The molecule has 0 unspecified atom stereocenters. The van der Waals surface area contributed by atoms with Gasteiger partial charge in [0.2, 0.25) is 0 Å². The van der Waals surface area contributed by atoms with Gasteiger partial charge in [-0.15, -0.1) is 0 Å². The predicted octanol–water partition coefficient (Wildman–Crippen LogP) is 6.96. The Balaban J connectivity index is 1.35. The van der Waals surface area contributed by atoms with Crippen LogP contribution in [0.5, 0.6) is 0 Å². The van der Waals surface area contributed by atoms with Crippen molar-refractivity contribution in [1.29, 1.82) is 0 Å². The highest BCUT2D eigenvalue weighted by atomic mass is 32.2. The third-order valence-corrected chi connectivity index (χ3v) is 7.86. The molecule has 1 aliphatic heterocycles. The van der Waals surface area contributed by atoms with Crippen LogP contribution in [0.2, 0.25) is 0 Å². The molecule has 1 saturated carbocycles.